The molecule has 0 unspecified atom stereocenters. The van der Waals surface area contributed by atoms with Crippen LogP contribution in [0, 0.1) is 0 Å². The number of aromatic nitrogens is 3. The predicted octanol–water partition coefficient (Wildman–Crippen LogP) is 1.75. The molecule has 0 aliphatic carbocycles. The average molecular weight is 320 g/mol. The summed E-state index contributed by atoms with van der Waals surface area (Å²) in [6.07, 6.45) is 1.53. The fraction of sp³-hybridized carbons (Fsp3) is 0.111. The van der Waals surface area contributed by atoms with Gasteiger partial charge in [-0.25, -0.2) is 9.67 Å². The Morgan fingerprint density at radius 2 is 1.94 bits per heavy atom. The van der Waals surface area contributed by atoms with Crippen LogP contribution in [0.4, 0.5) is 3.89 Å². The second-order valence-corrected chi connectivity index (χ2v) is 5.35. The SMILES string of the molecule is O=S(=O)(F)c1ccc(Cn2cnc(Br)n2)cc1. The van der Waals surface area contributed by atoms with Crippen molar-refractivity contribution in [3.05, 3.63) is 40.9 Å². The van der Waals surface area contributed by atoms with Gasteiger partial charge in [0.1, 0.15) is 6.33 Å². The molecule has 0 fully saturated rings. The summed E-state index contributed by atoms with van der Waals surface area (Å²) in [4.78, 5) is 3.54. The van der Waals surface area contributed by atoms with Crippen molar-refractivity contribution in [1.82, 2.24) is 14.8 Å². The average Bonchev–Trinajstić information content (AvgIpc) is 2.63. The monoisotopic (exact) mass is 319 g/mol. The van der Waals surface area contributed by atoms with Crippen LogP contribution in [0.25, 0.3) is 0 Å². The topological polar surface area (TPSA) is 64.8 Å². The van der Waals surface area contributed by atoms with Crippen molar-refractivity contribution in [3.63, 3.8) is 0 Å². The lowest BCUT2D eigenvalue weighted by Gasteiger charge is -2.01. The molecular weight excluding hydrogens is 313 g/mol. The van der Waals surface area contributed by atoms with E-state index in [0.29, 0.717) is 11.3 Å². The quantitative estimate of drug-likeness (QED) is 0.808. The van der Waals surface area contributed by atoms with Crippen LogP contribution in [0.5, 0.6) is 0 Å². The molecule has 5 nitrogen and oxygen atoms in total. The van der Waals surface area contributed by atoms with E-state index in [9.17, 15) is 12.3 Å². The van der Waals surface area contributed by atoms with Gasteiger partial charge in [0.25, 0.3) is 0 Å². The Kier molecular flexibility index (Phi) is 3.25. The van der Waals surface area contributed by atoms with E-state index in [0.717, 1.165) is 5.56 Å². The lowest BCUT2D eigenvalue weighted by Crippen LogP contribution is -2.00. The Bertz CT molecular complexity index is 624. The van der Waals surface area contributed by atoms with Gasteiger partial charge in [-0.15, -0.1) is 8.98 Å². The Hall–Kier alpha value is -1.28. The highest BCUT2D eigenvalue weighted by molar-refractivity contribution is 9.10. The van der Waals surface area contributed by atoms with Crippen molar-refractivity contribution in [2.24, 2.45) is 0 Å². The smallest absolute Gasteiger partial charge is 0.247 e. The maximum atomic E-state index is 12.6. The van der Waals surface area contributed by atoms with Gasteiger partial charge in [0, 0.05) is 0 Å². The minimum absolute atomic E-state index is 0.346. The van der Waals surface area contributed by atoms with Gasteiger partial charge < -0.3 is 0 Å². The van der Waals surface area contributed by atoms with Crippen LogP contribution in [-0.2, 0) is 16.8 Å². The van der Waals surface area contributed by atoms with E-state index in [1.165, 1.54) is 30.6 Å². The van der Waals surface area contributed by atoms with Gasteiger partial charge in [0.05, 0.1) is 11.4 Å². The van der Waals surface area contributed by atoms with Crippen molar-refractivity contribution in [1.29, 1.82) is 0 Å². The third-order valence-corrected chi connectivity index (χ3v) is 3.26. The number of nitrogens with zero attached hydrogens (tertiary/aromatic N) is 3. The molecule has 8 heteroatoms. The van der Waals surface area contributed by atoms with Crippen LogP contribution in [0.15, 0.2) is 40.2 Å². The van der Waals surface area contributed by atoms with E-state index in [4.69, 9.17) is 0 Å². The summed E-state index contributed by atoms with van der Waals surface area (Å²) in [5.41, 5.74) is 0.801. The van der Waals surface area contributed by atoms with E-state index in [1.807, 2.05) is 0 Å². The predicted molar refractivity (Wildman–Crippen MR) is 61.6 cm³/mol. The van der Waals surface area contributed by atoms with E-state index in [2.05, 4.69) is 26.0 Å². The molecule has 2 aromatic rings. The summed E-state index contributed by atoms with van der Waals surface area (Å²) in [5.74, 6) is 0. The van der Waals surface area contributed by atoms with Crippen molar-refractivity contribution < 1.29 is 12.3 Å². The van der Waals surface area contributed by atoms with Crippen LogP contribution < -0.4 is 0 Å². The Morgan fingerprint density at radius 1 is 1.29 bits per heavy atom. The van der Waals surface area contributed by atoms with Crippen molar-refractivity contribution in [2.75, 3.05) is 0 Å². The molecule has 0 aliphatic rings. The standard InChI is InChI=1S/C9H7BrFN3O2S/c10-9-12-6-14(13-9)5-7-1-3-8(4-2-7)17(11,15)16/h1-4,6H,5H2. The lowest BCUT2D eigenvalue weighted by atomic mass is 10.2. The molecule has 0 N–H and O–H groups in total. The molecule has 0 saturated carbocycles. The van der Waals surface area contributed by atoms with E-state index < -0.39 is 10.2 Å². The van der Waals surface area contributed by atoms with E-state index in [1.54, 1.807) is 4.68 Å². The molecule has 2 rings (SSSR count). The van der Waals surface area contributed by atoms with Gasteiger partial charge in [-0.3, -0.25) is 0 Å². The van der Waals surface area contributed by atoms with Crippen molar-refractivity contribution in [3.8, 4) is 0 Å². The molecule has 0 saturated heterocycles. The highest BCUT2D eigenvalue weighted by atomic mass is 79.9. The van der Waals surface area contributed by atoms with Gasteiger partial charge >= 0.3 is 10.2 Å². The normalized spacial score (nSPS) is 11.6. The van der Waals surface area contributed by atoms with Crippen LogP contribution >= 0.6 is 15.9 Å². The lowest BCUT2D eigenvalue weighted by molar-refractivity contribution is 0.552. The molecular formula is C9H7BrFN3O2S. The number of halogens is 2. The number of hydrogen-bond donors (Lipinski definition) is 0. The molecule has 1 aromatic heterocycles. The second-order valence-electron chi connectivity index (χ2n) is 3.29. The highest BCUT2D eigenvalue weighted by Gasteiger charge is 2.10. The number of benzene rings is 1. The second kappa shape index (κ2) is 4.53. The third kappa shape index (κ3) is 3.10. The molecule has 90 valence electrons. The molecule has 0 spiro atoms. The molecule has 0 radical (unpaired) electrons. The van der Waals surface area contributed by atoms with Gasteiger partial charge in [-0.05, 0) is 33.6 Å². The van der Waals surface area contributed by atoms with Gasteiger partial charge in [-0.2, -0.15) is 8.42 Å². The first-order valence-electron chi connectivity index (χ1n) is 4.54. The molecule has 17 heavy (non-hydrogen) atoms. The molecule has 1 aromatic carbocycles. The first kappa shape index (κ1) is 12.2. The zero-order chi connectivity index (χ0) is 12.5. The van der Waals surface area contributed by atoms with Crippen LogP contribution in [0.3, 0.4) is 0 Å². The Balaban J connectivity index is 2.19. The van der Waals surface area contributed by atoms with Crippen LogP contribution in [-0.4, -0.2) is 23.2 Å². The molecule has 1 heterocycles. The minimum atomic E-state index is -4.63. The fourth-order valence-corrected chi connectivity index (χ4v) is 2.05. The molecule has 0 amide bonds. The summed E-state index contributed by atoms with van der Waals surface area (Å²) >= 11 is 3.11. The molecule has 0 atom stereocenters. The van der Waals surface area contributed by atoms with Gasteiger partial charge in [0.2, 0.25) is 4.73 Å². The van der Waals surface area contributed by atoms with Crippen molar-refractivity contribution >= 4 is 26.2 Å². The summed E-state index contributed by atoms with van der Waals surface area (Å²) in [5, 5.41) is 4.01. The summed E-state index contributed by atoms with van der Waals surface area (Å²) in [7, 11) is -4.63. The summed E-state index contributed by atoms with van der Waals surface area (Å²) < 4.78 is 35.9. The summed E-state index contributed by atoms with van der Waals surface area (Å²) in [6, 6.07) is 5.50. The first-order chi connectivity index (χ1) is 7.95. The molecule has 0 aliphatic heterocycles. The van der Waals surface area contributed by atoms with Gasteiger partial charge in [0.15, 0.2) is 0 Å². The maximum absolute atomic E-state index is 12.6. The fourth-order valence-electron chi connectivity index (χ4n) is 1.29. The Labute approximate surface area is 106 Å². The molecule has 0 bridgehead atoms. The number of rotatable bonds is 3. The van der Waals surface area contributed by atoms with Crippen LogP contribution in [0.2, 0.25) is 0 Å². The Morgan fingerprint density at radius 3 is 2.41 bits per heavy atom. The minimum Gasteiger partial charge on any atom is -0.247 e. The van der Waals surface area contributed by atoms with E-state index in [-0.39, 0.29) is 4.90 Å². The third-order valence-electron chi connectivity index (χ3n) is 2.06. The first-order valence-corrected chi connectivity index (χ1v) is 6.71. The van der Waals surface area contributed by atoms with Crippen molar-refractivity contribution in [2.45, 2.75) is 11.4 Å². The largest absolute Gasteiger partial charge is 0.332 e. The maximum Gasteiger partial charge on any atom is 0.332 e. The van der Waals surface area contributed by atoms with E-state index >= 15 is 0 Å². The summed E-state index contributed by atoms with van der Waals surface area (Å²) in [6.45, 7) is 0.436. The van der Waals surface area contributed by atoms with Crippen LogP contribution in [0.1, 0.15) is 5.56 Å². The van der Waals surface area contributed by atoms with Gasteiger partial charge in [-0.1, -0.05) is 12.1 Å². The highest BCUT2D eigenvalue weighted by Crippen LogP contribution is 2.13. The zero-order valence-corrected chi connectivity index (χ0v) is 10.8. The number of hydrogen-bond acceptors (Lipinski definition) is 4. The zero-order valence-electron chi connectivity index (χ0n) is 8.42.